The summed E-state index contributed by atoms with van der Waals surface area (Å²) in [5.74, 6) is -4.36. The van der Waals surface area contributed by atoms with Crippen molar-refractivity contribution >= 4 is 47.1 Å². The Hall–Kier alpha value is -6.91. The molecule has 0 fully saturated rings. The van der Waals surface area contributed by atoms with Gasteiger partial charge in [0.15, 0.2) is 5.78 Å². The molecule has 0 bridgehead atoms. The molecule has 4 atom stereocenters. The van der Waals surface area contributed by atoms with Crippen LogP contribution in [0.5, 0.6) is 0 Å². The van der Waals surface area contributed by atoms with E-state index in [1.165, 1.54) is 18.2 Å². The number of primary amides is 2. The number of nitro groups is 1. The first-order valence-electron chi connectivity index (χ1n) is 18.6. The standard InChI is InChI=1S/C41H49N7O10/c1-26(2)23-33(47-41(55)58-25-28-11-7-4-8-12-28)39(53)46-34(24-27-9-5-3-6-10-27)40(54)45-32(19-22-37(43)51)38(52)44-30(16-21-36(42)50)15-20-35(49)29-13-17-31(18-14-29)48(56)57/h3-15,17-18,20,26,30,32-34H,16,19,21-25H2,1-2H3,(H2,42,50)(H2,43,51)(H,44,52)(H,45,54)(H,46,53)(H,47,55)/b20-15+/t30-,32+,33+,34+/m1/s1. The van der Waals surface area contributed by atoms with Crippen LogP contribution in [0.2, 0.25) is 0 Å². The molecule has 6 amide bonds. The first-order valence-corrected chi connectivity index (χ1v) is 18.6. The lowest BCUT2D eigenvalue weighted by Gasteiger charge is -2.26. The normalized spacial score (nSPS) is 13.0. The molecule has 0 heterocycles. The van der Waals surface area contributed by atoms with Crippen molar-refractivity contribution in [2.24, 2.45) is 17.4 Å². The number of ketones is 1. The predicted octanol–water partition coefficient (Wildman–Crippen LogP) is 2.90. The van der Waals surface area contributed by atoms with E-state index in [0.29, 0.717) is 5.56 Å². The fraction of sp³-hybridized carbons (Fsp3) is 0.341. The number of benzene rings is 3. The topological polar surface area (TPSA) is 272 Å². The van der Waals surface area contributed by atoms with Crippen LogP contribution >= 0.6 is 0 Å². The molecule has 8 N–H and O–H groups in total. The van der Waals surface area contributed by atoms with E-state index >= 15 is 0 Å². The molecule has 17 nitrogen and oxygen atoms in total. The van der Waals surface area contributed by atoms with E-state index in [1.807, 2.05) is 19.9 Å². The summed E-state index contributed by atoms with van der Waals surface area (Å²) in [6.07, 6.45) is 0.940. The minimum Gasteiger partial charge on any atom is -0.445 e. The van der Waals surface area contributed by atoms with Crippen LogP contribution in [-0.4, -0.2) is 70.5 Å². The molecule has 0 aliphatic heterocycles. The molecule has 3 aromatic rings. The maximum Gasteiger partial charge on any atom is 0.408 e. The average Bonchev–Trinajstić information content (AvgIpc) is 3.19. The summed E-state index contributed by atoms with van der Waals surface area (Å²) >= 11 is 0. The van der Waals surface area contributed by atoms with Crippen molar-refractivity contribution in [2.75, 3.05) is 0 Å². The molecule has 0 saturated carbocycles. The molecule has 0 unspecified atom stereocenters. The van der Waals surface area contributed by atoms with E-state index in [0.717, 1.165) is 23.8 Å². The summed E-state index contributed by atoms with van der Waals surface area (Å²) in [6.45, 7) is 3.67. The predicted molar refractivity (Wildman–Crippen MR) is 212 cm³/mol. The molecule has 0 aliphatic rings. The molecule has 0 spiro atoms. The number of carbonyl (C=O) groups excluding carboxylic acids is 7. The number of rotatable bonds is 23. The number of non-ortho nitro benzene ring substituents is 1. The number of nitrogens with two attached hydrogens (primary N) is 2. The second-order valence-electron chi connectivity index (χ2n) is 13.9. The number of hydrogen-bond acceptors (Lipinski definition) is 10. The average molecular weight is 800 g/mol. The Morgan fingerprint density at radius 3 is 1.79 bits per heavy atom. The van der Waals surface area contributed by atoms with Gasteiger partial charge in [0.05, 0.1) is 4.92 Å². The summed E-state index contributed by atoms with van der Waals surface area (Å²) in [5.41, 5.74) is 12.0. The molecule has 0 radical (unpaired) electrons. The van der Waals surface area contributed by atoms with E-state index in [9.17, 15) is 43.7 Å². The lowest BCUT2D eigenvalue weighted by atomic mass is 10.0. The van der Waals surface area contributed by atoms with Gasteiger partial charge >= 0.3 is 6.09 Å². The second-order valence-corrected chi connectivity index (χ2v) is 13.9. The maximum absolute atomic E-state index is 14.0. The van der Waals surface area contributed by atoms with Gasteiger partial charge in [-0.3, -0.25) is 38.9 Å². The largest absolute Gasteiger partial charge is 0.445 e. The van der Waals surface area contributed by atoms with Crippen LogP contribution < -0.4 is 32.7 Å². The van der Waals surface area contributed by atoms with Gasteiger partial charge in [-0.15, -0.1) is 0 Å². The quantitative estimate of drug-likeness (QED) is 0.0353. The van der Waals surface area contributed by atoms with E-state index in [2.05, 4.69) is 21.3 Å². The van der Waals surface area contributed by atoms with Crippen molar-refractivity contribution in [3.05, 3.63) is 124 Å². The summed E-state index contributed by atoms with van der Waals surface area (Å²) in [6, 6.07) is 17.8. The molecule has 0 aromatic heterocycles. The van der Waals surface area contributed by atoms with Gasteiger partial charge in [-0.25, -0.2) is 4.79 Å². The first-order chi connectivity index (χ1) is 27.6. The number of nitrogens with one attached hydrogen (secondary N) is 4. The van der Waals surface area contributed by atoms with Gasteiger partial charge in [0.2, 0.25) is 29.5 Å². The Morgan fingerprint density at radius 1 is 0.690 bits per heavy atom. The van der Waals surface area contributed by atoms with Crippen LogP contribution in [0.3, 0.4) is 0 Å². The Labute approximate surface area is 335 Å². The molecular weight excluding hydrogens is 750 g/mol. The van der Waals surface area contributed by atoms with Crippen LogP contribution in [0.4, 0.5) is 10.5 Å². The third kappa shape index (κ3) is 16.4. The highest BCUT2D eigenvalue weighted by molar-refractivity contribution is 6.04. The zero-order chi connectivity index (χ0) is 42.6. The van der Waals surface area contributed by atoms with Crippen LogP contribution in [0.15, 0.2) is 97.1 Å². The Morgan fingerprint density at radius 2 is 1.22 bits per heavy atom. The van der Waals surface area contributed by atoms with Crippen molar-refractivity contribution < 1.29 is 43.2 Å². The Bertz CT molecular complexity index is 1920. The minimum absolute atomic E-state index is 0.0237. The molecule has 308 valence electrons. The third-order valence-corrected chi connectivity index (χ3v) is 8.63. The zero-order valence-electron chi connectivity index (χ0n) is 32.3. The molecule has 0 saturated heterocycles. The van der Waals surface area contributed by atoms with E-state index in [4.69, 9.17) is 16.2 Å². The fourth-order valence-electron chi connectivity index (χ4n) is 5.61. The number of alkyl carbamates (subject to hydrolysis) is 1. The SMILES string of the molecule is CC(C)C[C@H](NC(=O)OCc1ccccc1)C(=O)N[C@@H](Cc1ccccc1)C(=O)N[C@@H](CCC(N)=O)C(=O)N[C@H](/C=C/C(=O)c1ccc([N+](=O)[O-])cc1)CCC(N)=O. The molecule has 3 aromatic carbocycles. The number of amides is 6. The number of carbonyl (C=O) groups is 7. The van der Waals surface area contributed by atoms with E-state index < -0.39 is 70.5 Å². The summed E-state index contributed by atoms with van der Waals surface area (Å²) in [5, 5.41) is 21.6. The zero-order valence-corrected chi connectivity index (χ0v) is 32.3. The monoisotopic (exact) mass is 799 g/mol. The number of ether oxygens (including phenoxy) is 1. The third-order valence-electron chi connectivity index (χ3n) is 8.63. The second kappa shape index (κ2) is 23.2. The summed E-state index contributed by atoms with van der Waals surface area (Å²) in [7, 11) is 0. The van der Waals surface area contributed by atoms with Gasteiger partial charge in [0.1, 0.15) is 24.7 Å². The highest BCUT2D eigenvalue weighted by Gasteiger charge is 2.31. The van der Waals surface area contributed by atoms with Gasteiger partial charge in [-0.05, 0) is 54.5 Å². The van der Waals surface area contributed by atoms with Crippen LogP contribution in [0.1, 0.15) is 67.4 Å². The highest BCUT2D eigenvalue weighted by atomic mass is 16.6. The Kier molecular flexibility index (Phi) is 18.2. The lowest BCUT2D eigenvalue weighted by Crippen LogP contribution is -2.58. The van der Waals surface area contributed by atoms with Crippen LogP contribution in [0.25, 0.3) is 0 Å². The van der Waals surface area contributed by atoms with Crippen LogP contribution in [-0.2, 0) is 41.7 Å². The van der Waals surface area contributed by atoms with Gasteiger partial charge in [0, 0.05) is 43.0 Å². The Balaban J connectivity index is 1.83. The van der Waals surface area contributed by atoms with Crippen molar-refractivity contribution in [1.82, 2.24) is 21.3 Å². The first kappa shape index (κ1) is 45.5. The van der Waals surface area contributed by atoms with Gasteiger partial charge in [0.25, 0.3) is 5.69 Å². The van der Waals surface area contributed by atoms with Crippen molar-refractivity contribution in [2.45, 2.75) is 83.1 Å². The van der Waals surface area contributed by atoms with E-state index in [1.54, 1.807) is 54.6 Å². The molecule has 3 rings (SSSR count). The number of hydrogen-bond donors (Lipinski definition) is 6. The molecule has 17 heteroatoms. The molecular formula is C41H49N7O10. The van der Waals surface area contributed by atoms with Gasteiger partial charge < -0.3 is 37.5 Å². The molecule has 58 heavy (non-hydrogen) atoms. The van der Waals surface area contributed by atoms with Crippen molar-refractivity contribution in [3.8, 4) is 0 Å². The minimum atomic E-state index is -1.39. The number of nitrogens with zero attached hydrogens (tertiary/aromatic N) is 1. The van der Waals surface area contributed by atoms with Gasteiger partial charge in [-0.1, -0.05) is 80.6 Å². The van der Waals surface area contributed by atoms with E-state index in [-0.39, 0.29) is 62.3 Å². The fourth-order valence-corrected chi connectivity index (χ4v) is 5.61. The lowest BCUT2D eigenvalue weighted by molar-refractivity contribution is -0.384. The van der Waals surface area contributed by atoms with Crippen molar-refractivity contribution in [3.63, 3.8) is 0 Å². The van der Waals surface area contributed by atoms with Crippen LogP contribution in [0, 0.1) is 16.0 Å². The molecule has 0 aliphatic carbocycles. The summed E-state index contributed by atoms with van der Waals surface area (Å²) < 4.78 is 5.33. The smallest absolute Gasteiger partial charge is 0.408 e. The van der Waals surface area contributed by atoms with Crippen molar-refractivity contribution in [1.29, 1.82) is 0 Å². The van der Waals surface area contributed by atoms with Gasteiger partial charge in [-0.2, -0.15) is 0 Å². The highest BCUT2D eigenvalue weighted by Crippen LogP contribution is 2.14. The maximum atomic E-state index is 14.0. The summed E-state index contributed by atoms with van der Waals surface area (Å²) in [4.78, 5) is 101. The number of nitro benzene ring substituents is 1. The number of allylic oxidation sites excluding steroid dienone is 1.